The third-order valence-corrected chi connectivity index (χ3v) is 5.51. The molecule has 0 atom stereocenters. The van der Waals surface area contributed by atoms with E-state index in [1.807, 2.05) is 11.8 Å². The number of benzene rings is 1. The maximum atomic E-state index is 12.5. The average Bonchev–Trinajstić information content (AvgIpc) is 3.26. The van der Waals surface area contributed by atoms with Crippen LogP contribution >= 0.6 is 0 Å². The molecule has 3 rings (SSSR count). The lowest BCUT2D eigenvalue weighted by Crippen LogP contribution is -2.52. The maximum absolute atomic E-state index is 12.5. The van der Waals surface area contributed by atoms with Crippen molar-refractivity contribution in [3.8, 4) is 5.75 Å². The third-order valence-electron chi connectivity index (χ3n) is 5.51. The molecule has 146 valence electrons. The van der Waals surface area contributed by atoms with Crippen LogP contribution in [0.3, 0.4) is 0 Å². The molecule has 1 saturated carbocycles. The number of carbonyl (C=O) groups excluding carboxylic acids is 3. The second kappa shape index (κ2) is 9.02. The van der Waals surface area contributed by atoms with Crippen LogP contribution in [0.4, 0.5) is 0 Å². The zero-order valence-corrected chi connectivity index (χ0v) is 16.0. The summed E-state index contributed by atoms with van der Waals surface area (Å²) in [7, 11) is 0. The Kier molecular flexibility index (Phi) is 6.48. The van der Waals surface area contributed by atoms with Crippen molar-refractivity contribution in [2.45, 2.75) is 39.0 Å². The number of hydrogen-bond donors (Lipinski definition) is 0. The van der Waals surface area contributed by atoms with E-state index >= 15 is 0 Å². The highest BCUT2D eigenvalue weighted by Crippen LogP contribution is 2.27. The Balaban J connectivity index is 1.43. The van der Waals surface area contributed by atoms with Crippen molar-refractivity contribution in [3.63, 3.8) is 0 Å². The number of rotatable bonds is 6. The van der Waals surface area contributed by atoms with Crippen molar-refractivity contribution in [2.24, 2.45) is 5.92 Å². The van der Waals surface area contributed by atoms with Crippen molar-refractivity contribution < 1.29 is 19.1 Å². The molecule has 2 aliphatic rings. The van der Waals surface area contributed by atoms with E-state index in [9.17, 15) is 14.4 Å². The molecule has 0 unspecified atom stereocenters. The number of piperazine rings is 1. The molecule has 1 aliphatic carbocycles. The predicted molar refractivity (Wildman–Crippen MR) is 102 cm³/mol. The number of nitrogens with zero attached hydrogens (tertiary/aromatic N) is 2. The molecular formula is C21H28N2O4. The summed E-state index contributed by atoms with van der Waals surface area (Å²) >= 11 is 0. The first-order chi connectivity index (χ1) is 13.1. The van der Waals surface area contributed by atoms with Gasteiger partial charge < -0.3 is 14.5 Å². The standard InChI is InChI=1S/C21H28N2O4/c1-2-19(24)16-7-9-18(10-8-16)27-15-20(25)22-11-13-23(14-12-22)21(26)17-5-3-4-6-17/h7-10,17H,2-6,11-15H2,1H3. The summed E-state index contributed by atoms with van der Waals surface area (Å²) in [4.78, 5) is 40.1. The topological polar surface area (TPSA) is 66.9 Å². The SMILES string of the molecule is CCC(=O)c1ccc(OCC(=O)N2CCN(C(=O)C3CCCC3)CC2)cc1. The zero-order valence-electron chi connectivity index (χ0n) is 16.0. The summed E-state index contributed by atoms with van der Waals surface area (Å²) in [6.07, 6.45) is 4.79. The smallest absolute Gasteiger partial charge is 0.260 e. The normalized spacial score (nSPS) is 17.8. The van der Waals surface area contributed by atoms with Gasteiger partial charge in [-0.3, -0.25) is 14.4 Å². The molecule has 0 aromatic heterocycles. The second-order valence-electron chi connectivity index (χ2n) is 7.28. The Morgan fingerprint density at radius 3 is 2.15 bits per heavy atom. The van der Waals surface area contributed by atoms with Gasteiger partial charge in [-0.25, -0.2) is 0 Å². The van der Waals surface area contributed by atoms with Crippen LogP contribution < -0.4 is 4.74 Å². The summed E-state index contributed by atoms with van der Waals surface area (Å²) in [5.41, 5.74) is 0.652. The molecule has 27 heavy (non-hydrogen) atoms. The van der Waals surface area contributed by atoms with Crippen molar-refractivity contribution >= 4 is 17.6 Å². The first-order valence-corrected chi connectivity index (χ1v) is 9.91. The van der Waals surface area contributed by atoms with Gasteiger partial charge in [0.05, 0.1) is 0 Å². The summed E-state index contributed by atoms with van der Waals surface area (Å²) in [5, 5.41) is 0. The fraction of sp³-hybridized carbons (Fsp3) is 0.571. The first kappa shape index (κ1) is 19.4. The molecule has 1 aromatic carbocycles. The Morgan fingerprint density at radius 2 is 1.56 bits per heavy atom. The Bertz CT molecular complexity index is 672. The molecule has 1 saturated heterocycles. The van der Waals surface area contributed by atoms with Gasteiger partial charge in [-0.15, -0.1) is 0 Å². The molecule has 6 nitrogen and oxygen atoms in total. The molecule has 6 heteroatoms. The molecule has 0 spiro atoms. The van der Waals surface area contributed by atoms with E-state index in [-0.39, 0.29) is 30.1 Å². The van der Waals surface area contributed by atoms with E-state index in [2.05, 4.69) is 0 Å². The fourth-order valence-electron chi connectivity index (χ4n) is 3.78. The summed E-state index contributed by atoms with van der Waals surface area (Å²) in [6.45, 7) is 4.13. The summed E-state index contributed by atoms with van der Waals surface area (Å²) in [5.74, 6) is 1.04. The van der Waals surface area contributed by atoms with Gasteiger partial charge in [0.25, 0.3) is 5.91 Å². The second-order valence-corrected chi connectivity index (χ2v) is 7.28. The van der Waals surface area contributed by atoms with E-state index in [1.54, 1.807) is 29.2 Å². The van der Waals surface area contributed by atoms with Crippen LogP contribution in [0.5, 0.6) is 5.75 Å². The lowest BCUT2D eigenvalue weighted by molar-refractivity contribution is -0.142. The van der Waals surface area contributed by atoms with Crippen LogP contribution in [-0.2, 0) is 9.59 Å². The Labute approximate surface area is 160 Å². The van der Waals surface area contributed by atoms with E-state index < -0.39 is 0 Å². The molecule has 0 bridgehead atoms. The lowest BCUT2D eigenvalue weighted by atomic mass is 10.1. The van der Waals surface area contributed by atoms with Crippen LogP contribution in [0.2, 0.25) is 0 Å². The van der Waals surface area contributed by atoms with Crippen LogP contribution in [0, 0.1) is 5.92 Å². The number of Topliss-reactive ketones (excluding diaryl/α,β-unsaturated/α-hetero) is 1. The van der Waals surface area contributed by atoms with Crippen LogP contribution in [0.15, 0.2) is 24.3 Å². The minimum absolute atomic E-state index is 0.0301. The van der Waals surface area contributed by atoms with Gasteiger partial charge in [0.15, 0.2) is 12.4 Å². The fourth-order valence-corrected chi connectivity index (χ4v) is 3.78. The Morgan fingerprint density at radius 1 is 0.963 bits per heavy atom. The molecule has 0 N–H and O–H groups in total. The van der Waals surface area contributed by atoms with E-state index in [0.29, 0.717) is 43.9 Å². The molecule has 2 fully saturated rings. The highest BCUT2D eigenvalue weighted by Gasteiger charge is 2.30. The number of amides is 2. The van der Waals surface area contributed by atoms with Gasteiger partial charge >= 0.3 is 0 Å². The van der Waals surface area contributed by atoms with Gasteiger partial charge in [0.1, 0.15) is 5.75 Å². The molecule has 2 amide bonds. The molecular weight excluding hydrogens is 344 g/mol. The minimum Gasteiger partial charge on any atom is -0.484 e. The van der Waals surface area contributed by atoms with Crippen LogP contribution in [0.25, 0.3) is 0 Å². The number of ketones is 1. The number of ether oxygens (including phenoxy) is 1. The zero-order chi connectivity index (χ0) is 19.2. The molecule has 0 radical (unpaired) electrons. The third kappa shape index (κ3) is 4.87. The van der Waals surface area contributed by atoms with Gasteiger partial charge in [-0.05, 0) is 37.1 Å². The number of carbonyl (C=O) groups is 3. The molecule has 1 aromatic rings. The Hall–Kier alpha value is -2.37. The van der Waals surface area contributed by atoms with Gasteiger partial charge in [0, 0.05) is 44.1 Å². The van der Waals surface area contributed by atoms with Crippen molar-refractivity contribution in [2.75, 3.05) is 32.8 Å². The van der Waals surface area contributed by atoms with Gasteiger partial charge in [0.2, 0.25) is 5.91 Å². The van der Waals surface area contributed by atoms with E-state index in [0.717, 1.165) is 25.7 Å². The highest BCUT2D eigenvalue weighted by molar-refractivity contribution is 5.95. The van der Waals surface area contributed by atoms with Crippen molar-refractivity contribution in [1.82, 2.24) is 9.80 Å². The van der Waals surface area contributed by atoms with E-state index in [1.165, 1.54) is 0 Å². The monoisotopic (exact) mass is 372 g/mol. The quantitative estimate of drug-likeness (QED) is 0.720. The molecule has 1 heterocycles. The average molecular weight is 372 g/mol. The molecule has 1 aliphatic heterocycles. The van der Waals surface area contributed by atoms with Crippen LogP contribution in [0.1, 0.15) is 49.4 Å². The highest BCUT2D eigenvalue weighted by atomic mass is 16.5. The number of hydrogen-bond acceptors (Lipinski definition) is 4. The van der Waals surface area contributed by atoms with E-state index in [4.69, 9.17) is 4.74 Å². The predicted octanol–water partition coefficient (Wildman–Crippen LogP) is 2.52. The van der Waals surface area contributed by atoms with Crippen molar-refractivity contribution in [1.29, 1.82) is 0 Å². The summed E-state index contributed by atoms with van der Waals surface area (Å²) in [6, 6.07) is 6.88. The lowest BCUT2D eigenvalue weighted by Gasteiger charge is -2.36. The maximum Gasteiger partial charge on any atom is 0.260 e. The minimum atomic E-state index is -0.0725. The van der Waals surface area contributed by atoms with Crippen LogP contribution in [-0.4, -0.2) is 60.2 Å². The largest absolute Gasteiger partial charge is 0.484 e. The van der Waals surface area contributed by atoms with Crippen molar-refractivity contribution in [3.05, 3.63) is 29.8 Å². The first-order valence-electron chi connectivity index (χ1n) is 9.91. The van der Waals surface area contributed by atoms with Gasteiger partial charge in [-0.1, -0.05) is 19.8 Å². The van der Waals surface area contributed by atoms with Gasteiger partial charge in [-0.2, -0.15) is 0 Å². The summed E-state index contributed by atoms with van der Waals surface area (Å²) < 4.78 is 5.56.